The average molecular weight is 264 g/mol. The van der Waals surface area contributed by atoms with E-state index < -0.39 is 5.97 Å². The second-order valence-electron chi connectivity index (χ2n) is 4.51. The van der Waals surface area contributed by atoms with Crippen LogP contribution in [0.4, 0.5) is 0 Å². The molecule has 0 fully saturated rings. The quantitative estimate of drug-likeness (QED) is 0.667. The van der Waals surface area contributed by atoms with Gasteiger partial charge in [0, 0.05) is 6.08 Å². The monoisotopic (exact) mass is 264 g/mol. The summed E-state index contributed by atoms with van der Waals surface area (Å²) in [5.41, 5.74) is 4.33. The molecule has 0 aromatic heterocycles. The highest BCUT2D eigenvalue weighted by Crippen LogP contribution is 2.23. The number of benzene rings is 2. The van der Waals surface area contributed by atoms with Crippen LogP contribution in [-0.2, 0) is 4.79 Å². The molecule has 0 heterocycles. The number of rotatable bonds is 4. The number of hydrogen-bond acceptors (Lipinski definition) is 1. The van der Waals surface area contributed by atoms with Gasteiger partial charge >= 0.3 is 5.97 Å². The molecule has 0 saturated heterocycles. The Morgan fingerprint density at radius 3 is 2.15 bits per heavy atom. The molecule has 0 amide bonds. The van der Waals surface area contributed by atoms with Crippen LogP contribution >= 0.6 is 0 Å². The van der Waals surface area contributed by atoms with E-state index in [9.17, 15) is 4.79 Å². The number of allylic oxidation sites excluding steroid dienone is 2. The fraction of sp³-hybridized carbons (Fsp3) is 0.0556. The lowest BCUT2D eigenvalue weighted by Crippen LogP contribution is -1.89. The van der Waals surface area contributed by atoms with Gasteiger partial charge in [-0.15, -0.1) is 0 Å². The summed E-state index contributed by atoms with van der Waals surface area (Å²) in [7, 11) is 0. The Morgan fingerprint density at radius 1 is 0.950 bits per heavy atom. The Hall–Kier alpha value is -2.61. The van der Waals surface area contributed by atoms with E-state index in [-0.39, 0.29) is 0 Å². The molecule has 0 atom stereocenters. The SMILES string of the molecule is Cc1ccc(/C(=C/C=C/C(=O)O)c2ccccc2)cc1. The van der Waals surface area contributed by atoms with E-state index in [1.165, 1.54) is 5.56 Å². The normalized spacial score (nSPS) is 11.8. The molecule has 2 heteroatoms. The largest absolute Gasteiger partial charge is 0.478 e. The maximum absolute atomic E-state index is 10.6. The highest BCUT2D eigenvalue weighted by Gasteiger charge is 2.03. The third kappa shape index (κ3) is 3.69. The van der Waals surface area contributed by atoms with Gasteiger partial charge in [-0.3, -0.25) is 0 Å². The molecule has 0 unspecified atom stereocenters. The summed E-state index contributed by atoms with van der Waals surface area (Å²) in [5, 5.41) is 8.69. The van der Waals surface area contributed by atoms with Crippen molar-refractivity contribution < 1.29 is 9.90 Å². The van der Waals surface area contributed by atoms with Crippen LogP contribution in [0.25, 0.3) is 5.57 Å². The minimum Gasteiger partial charge on any atom is -0.478 e. The van der Waals surface area contributed by atoms with E-state index >= 15 is 0 Å². The van der Waals surface area contributed by atoms with Gasteiger partial charge in [-0.2, -0.15) is 0 Å². The van der Waals surface area contributed by atoms with Gasteiger partial charge in [-0.05, 0) is 23.6 Å². The van der Waals surface area contributed by atoms with Gasteiger partial charge in [0.15, 0.2) is 0 Å². The summed E-state index contributed by atoms with van der Waals surface area (Å²) in [6, 6.07) is 18.1. The topological polar surface area (TPSA) is 37.3 Å². The van der Waals surface area contributed by atoms with Crippen molar-refractivity contribution in [3.8, 4) is 0 Å². The number of aryl methyl sites for hydroxylation is 1. The molecule has 2 nitrogen and oxygen atoms in total. The Kier molecular flexibility index (Phi) is 4.51. The van der Waals surface area contributed by atoms with Crippen molar-refractivity contribution in [1.82, 2.24) is 0 Å². The van der Waals surface area contributed by atoms with Crippen LogP contribution in [-0.4, -0.2) is 11.1 Å². The number of aliphatic carboxylic acids is 1. The molecule has 0 aliphatic rings. The summed E-state index contributed by atoms with van der Waals surface area (Å²) in [4.78, 5) is 10.6. The maximum atomic E-state index is 10.6. The molecule has 100 valence electrons. The van der Waals surface area contributed by atoms with Crippen LogP contribution in [0.1, 0.15) is 16.7 Å². The predicted molar refractivity (Wildman–Crippen MR) is 81.5 cm³/mol. The predicted octanol–water partition coefficient (Wildman–Crippen LogP) is 4.07. The first-order valence-electron chi connectivity index (χ1n) is 6.40. The summed E-state index contributed by atoms with van der Waals surface area (Å²) in [6.07, 6.45) is 4.52. The van der Waals surface area contributed by atoms with Gasteiger partial charge < -0.3 is 5.11 Å². The van der Waals surface area contributed by atoms with Crippen LogP contribution in [0.5, 0.6) is 0 Å². The van der Waals surface area contributed by atoms with Crippen molar-refractivity contribution in [1.29, 1.82) is 0 Å². The molecule has 0 aliphatic heterocycles. The lowest BCUT2D eigenvalue weighted by Gasteiger charge is -2.08. The molecule has 0 radical (unpaired) electrons. The Balaban J connectivity index is 2.44. The van der Waals surface area contributed by atoms with Crippen molar-refractivity contribution in [3.05, 3.63) is 89.5 Å². The molecular weight excluding hydrogens is 248 g/mol. The summed E-state index contributed by atoms with van der Waals surface area (Å²) in [6.45, 7) is 2.04. The van der Waals surface area contributed by atoms with Crippen LogP contribution in [0.15, 0.2) is 72.8 Å². The first-order valence-corrected chi connectivity index (χ1v) is 6.40. The summed E-state index contributed by atoms with van der Waals surface area (Å²) in [5.74, 6) is -0.947. The van der Waals surface area contributed by atoms with E-state index in [1.54, 1.807) is 6.08 Å². The number of carboxylic acid groups (broad SMARTS) is 1. The van der Waals surface area contributed by atoms with Crippen molar-refractivity contribution >= 4 is 11.5 Å². The van der Waals surface area contributed by atoms with Gasteiger partial charge in [-0.25, -0.2) is 4.79 Å². The fourth-order valence-corrected chi connectivity index (χ4v) is 1.94. The van der Waals surface area contributed by atoms with E-state index in [0.29, 0.717) is 0 Å². The second-order valence-corrected chi connectivity index (χ2v) is 4.51. The van der Waals surface area contributed by atoms with Gasteiger partial charge in [0.25, 0.3) is 0 Å². The van der Waals surface area contributed by atoms with Gasteiger partial charge in [0.1, 0.15) is 0 Å². The van der Waals surface area contributed by atoms with E-state index in [4.69, 9.17) is 5.11 Å². The van der Waals surface area contributed by atoms with Crippen LogP contribution < -0.4 is 0 Å². The highest BCUT2D eigenvalue weighted by molar-refractivity contribution is 5.84. The smallest absolute Gasteiger partial charge is 0.328 e. The molecule has 0 bridgehead atoms. The Bertz CT molecular complexity index is 635. The fourth-order valence-electron chi connectivity index (χ4n) is 1.94. The molecule has 2 rings (SSSR count). The van der Waals surface area contributed by atoms with Crippen LogP contribution in [0, 0.1) is 6.92 Å². The van der Waals surface area contributed by atoms with Gasteiger partial charge in [-0.1, -0.05) is 72.3 Å². The minimum absolute atomic E-state index is 0.947. The van der Waals surface area contributed by atoms with E-state index in [1.807, 2.05) is 67.6 Å². The third-order valence-electron chi connectivity index (χ3n) is 2.95. The summed E-state index contributed by atoms with van der Waals surface area (Å²) < 4.78 is 0. The second kappa shape index (κ2) is 6.53. The average Bonchev–Trinajstić information content (AvgIpc) is 2.46. The summed E-state index contributed by atoms with van der Waals surface area (Å²) >= 11 is 0. The molecule has 2 aromatic rings. The number of carboxylic acids is 1. The van der Waals surface area contributed by atoms with Crippen molar-refractivity contribution in [3.63, 3.8) is 0 Å². The standard InChI is InChI=1S/C18H16O2/c1-14-10-12-16(13-11-14)17(8-5-9-18(19)20)15-6-3-2-4-7-15/h2-13H,1H3,(H,19,20)/b9-5+,17-8+. The zero-order chi connectivity index (χ0) is 14.4. The number of hydrogen-bond donors (Lipinski definition) is 1. The minimum atomic E-state index is -0.947. The number of carbonyl (C=O) groups is 1. The maximum Gasteiger partial charge on any atom is 0.328 e. The Labute approximate surface area is 118 Å². The molecule has 0 saturated carbocycles. The third-order valence-corrected chi connectivity index (χ3v) is 2.95. The van der Waals surface area contributed by atoms with Gasteiger partial charge in [0.05, 0.1) is 0 Å². The lowest BCUT2D eigenvalue weighted by molar-refractivity contribution is -0.131. The first kappa shape index (κ1) is 13.8. The Morgan fingerprint density at radius 2 is 1.55 bits per heavy atom. The molecular formula is C18H16O2. The van der Waals surface area contributed by atoms with Crippen molar-refractivity contribution in [2.45, 2.75) is 6.92 Å². The lowest BCUT2D eigenvalue weighted by atomic mass is 9.97. The molecule has 0 spiro atoms. The molecule has 2 aromatic carbocycles. The van der Waals surface area contributed by atoms with Crippen molar-refractivity contribution in [2.75, 3.05) is 0 Å². The first-order chi connectivity index (χ1) is 9.66. The van der Waals surface area contributed by atoms with Crippen molar-refractivity contribution in [2.24, 2.45) is 0 Å². The molecule has 20 heavy (non-hydrogen) atoms. The van der Waals surface area contributed by atoms with E-state index in [0.717, 1.165) is 22.8 Å². The van der Waals surface area contributed by atoms with Crippen LogP contribution in [0.3, 0.4) is 0 Å². The zero-order valence-corrected chi connectivity index (χ0v) is 11.3. The molecule has 0 aliphatic carbocycles. The molecule has 1 N–H and O–H groups in total. The van der Waals surface area contributed by atoms with Crippen LogP contribution in [0.2, 0.25) is 0 Å². The van der Waals surface area contributed by atoms with E-state index in [2.05, 4.69) is 0 Å². The highest BCUT2D eigenvalue weighted by atomic mass is 16.4. The van der Waals surface area contributed by atoms with Gasteiger partial charge in [0.2, 0.25) is 0 Å². The zero-order valence-electron chi connectivity index (χ0n) is 11.3.